The molecular formula is C35H47N5O9S. The van der Waals surface area contributed by atoms with E-state index in [-0.39, 0.29) is 31.9 Å². The number of ether oxygens (including phenoxy) is 2. The lowest BCUT2D eigenvalue weighted by molar-refractivity contribution is -0.143. The fraction of sp³-hybridized carbons (Fsp3) is 0.629. The Morgan fingerprint density at radius 3 is 2.56 bits per heavy atom. The average Bonchev–Trinajstić information content (AvgIpc) is 3.94. The highest BCUT2D eigenvalue weighted by molar-refractivity contribution is 7.91. The Balaban J connectivity index is 1.27. The summed E-state index contributed by atoms with van der Waals surface area (Å²) in [5.41, 5.74) is 0.707. The van der Waals surface area contributed by atoms with Gasteiger partial charge in [0.05, 0.1) is 24.9 Å². The number of amides is 5. The van der Waals surface area contributed by atoms with Crippen LogP contribution in [0.5, 0.6) is 0 Å². The van der Waals surface area contributed by atoms with Crippen LogP contribution in [0.25, 0.3) is 6.08 Å². The third kappa shape index (κ3) is 7.33. The molecule has 0 radical (unpaired) electrons. The van der Waals surface area contributed by atoms with E-state index in [1.807, 2.05) is 37.3 Å². The Labute approximate surface area is 292 Å². The van der Waals surface area contributed by atoms with Crippen molar-refractivity contribution < 1.29 is 41.9 Å². The van der Waals surface area contributed by atoms with E-state index in [4.69, 9.17) is 9.47 Å². The first-order valence-electron chi connectivity index (χ1n) is 17.5. The number of sulfonamides is 1. The molecule has 2 saturated carbocycles. The summed E-state index contributed by atoms with van der Waals surface area (Å²) in [5.74, 6) is -2.35. The van der Waals surface area contributed by atoms with Crippen LogP contribution in [0.3, 0.4) is 0 Å². The monoisotopic (exact) mass is 713 g/mol. The summed E-state index contributed by atoms with van der Waals surface area (Å²) in [5, 5.41) is 4.87. The van der Waals surface area contributed by atoms with E-state index in [1.54, 1.807) is 25.7 Å². The molecule has 272 valence electrons. The molecule has 14 nitrogen and oxygen atoms in total. The highest BCUT2D eigenvalue weighted by atomic mass is 32.2. The van der Waals surface area contributed by atoms with Crippen molar-refractivity contribution in [3.8, 4) is 0 Å². The molecule has 3 fully saturated rings. The quantitative estimate of drug-likeness (QED) is 0.400. The molecule has 5 aliphatic rings. The van der Waals surface area contributed by atoms with Crippen LogP contribution in [0.15, 0.2) is 24.3 Å². The summed E-state index contributed by atoms with van der Waals surface area (Å²) in [7, 11) is -3.87. The molecule has 1 aromatic carbocycles. The highest BCUT2D eigenvalue weighted by Gasteiger charge is 2.62. The predicted molar refractivity (Wildman–Crippen MR) is 181 cm³/mol. The third-order valence-corrected chi connectivity index (χ3v) is 12.2. The molecule has 3 aliphatic heterocycles. The topological polar surface area (TPSA) is 181 Å². The molecule has 5 atom stereocenters. The molecule has 3 N–H and O–H groups in total. The zero-order chi connectivity index (χ0) is 36.0. The average molecular weight is 714 g/mol. The van der Waals surface area contributed by atoms with Gasteiger partial charge < -0.3 is 25.0 Å². The van der Waals surface area contributed by atoms with E-state index in [1.165, 1.54) is 4.90 Å². The number of alkyl carbamates (subject to hydrolysis) is 1. The maximum absolute atomic E-state index is 14.3. The van der Waals surface area contributed by atoms with Crippen molar-refractivity contribution in [1.82, 2.24) is 25.2 Å². The number of carbonyl (C=O) groups excluding carboxylic acids is 5. The van der Waals surface area contributed by atoms with Crippen LogP contribution in [-0.4, -0.2) is 90.3 Å². The SMILES string of the molecule is CC[C@@H]1C[C@]1(NC(=O)[C@@H]1C[C@@H]2CN1C(=O)[C@H](C(C)(C)C)NC(=O)OCCC/C=C/c1cccc3c1CN(C3)C(=O)O2)C(=O)NS(=O)(=O)C1CC1. The van der Waals surface area contributed by atoms with Crippen LogP contribution in [0.2, 0.25) is 0 Å². The van der Waals surface area contributed by atoms with Crippen molar-refractivity contribution >= 4 is 46.0 Å². The number of hydrogen-bond donors (Lipinski definition) is 3. The van der Waals surface area contributed by atoms with Gasteiger partial charge in [-0.3, -0.25) is 24.0 Å². The van der Waals surface area contributed by atoms with Crippen LogP contribution in [0.1, 0.15) is 89.3 Å². The van der Waals surface area contributed by atoms with Crippen molar-refractivity contribution in [2.45, 2.75) is 115 Å². The molecule has 5 amide bonds. The van der Waals surface area contributed by atoms with Crippen molar-refractivity contribution in [3.63, 3.8) is 0 Å². The van der Waals surface area contributed by atoms with Crippen LogP contribution in [0.4, 0.5) is 9.59 Å². The first kappa shape index (κ1) is 35.7. The lowest BCUT2D eigenvalue weighted by Gasteiger charge is -2.35. The maximum Gasteiger partial charge on any atom is 0.410 e. The minimum atomic E-state index is -3.87. The summed E-state index contributed by atoms with van der Waals surface area (Å²) in [6.07, 6.45) is 4.57. The molecule has 0 aromatic heterocycles. The number of hydrogen-bond acceptors (Lipinski definition) is 9. The Hall–Kier alpha value is -4.14. The number of nitrogens with zero attached hydrogens (tertiary/aromatic N) is 2. The van der Waals surface area contributed by atoms with Crippen molar-refractivity contribution in [1.29, 1.82) is 0 Å². The Kier molecular flexibility index (Phi) is 9.66. The minimum Gasteiger partial charge on any atom is -0.450 e. The van der Waals surface area contributed by atoms with E-state index in [2.05, 4.69) is 15.4 Å². The molecule has 1 aromatic rings. The van der Waals surface area contributed by atoms with Crippen LogP contribution >= 0.6 is 0 Å². The Morgan fingerprint density at radius 2 is 1.88 bits per heavy atom. The van der Waals surface area contributed by atoms with Gasteiger partial charge in [0.15, 0.2) is 0 Å². The lowest BCUT2D eigenvalue weighted by Crippen LogP contribution is -2.60. The van der Waals surface area contributed by atoms with Crippen LogP contribution in [0, 0.1) is 11.3 Å². The number of allylic oxidation sites excluding steroid dienone is 1. The standard InChI is InChI=1S/C35H47N5O9S/c1-5-23-17-35(23,31(43)38-50(46,47)25-13-14-25)37-29(41)27-16-24-19-40(27)30(42)28(34(2,3)4)36-32(44)48-15-8-6-7-10-21-11-9-12-22-18-39(20-26(21)22)33(45)49-24/h7,9-12,23-25,27-28H,5-6,8,13-20H2,1-4H3,(H,36,44)(H,37,41)(H,38,43)/b10-7+/t23-,24-,27+,28-,35-/m1/s1. The van der Waals surface area contributed by atoms with E-state index in [0.29, 0.717) is 45.2 Å². The number of rotatable bonds is 6. The van der Waals surface area contributed by atoms with Gasteiger partial charge in [0, 0.05) is 13.0 Å². The summed E-state index contributed by atoms with van der Waals surface area (Å²) < 4.78 is 38.8. The van der Waals surface area contributed by atoms with E-state index < -0.39 is 74.3 Å². The summed E-state index contributed by atoms with van der Waals surface area (Å²) in [6, 6.07) is 3.58. The third-order valence-electron chi connectivity index (χ3n) is 10.4. The zero-order valence-corrected chi connectivity index (χ0v) is 29.8. The second kappa shape index (κ2) is 13.5. The van der Waals surface area contributed by atoms with E-state index in [9.17, 15) is 32.4 Å². The fourth-order valence-electron chi connectivity index (χ4n) is 7.17. The second-order valence-electron chi connectivity index (χ2n) is 15.2. The molecule has 4 bridgehead atoms. The van der Waals surface area contributed by atoms with Gasteiger partial charge in [-0.15, -0.1) is 0 Å². The first-order valence-corrected chi connectivity index (χ1v) is 19.0. The van der Waals surface area contributed by atoms with Gasteiger partial charge in [-0.2, -0.15) is 0 Å². The van der Waals surface area contributed by atoms with Crippen LogP contribution < -0.4 is 15.4 Å². The first-order chi connectivity index (χ1) is 23.6. The molecule has 50 heavy (non-hydrogen) atoms. The molecule has 1 saturated heterocycles. The van der Waals surface area contributed by atoms with Crippen molar-refractivity contribution in [3.05, 3.63) is 41.0 Å². The number of fused-ring (bicyclic) bond motifs is 3. The number of nitrogens with one attached hydrogen (secondary N) is 3. The van der Waals surface area contributed by atoms with Gasteiger partial charge >= 0.3 is 12.2 Å². The normalized spacial score (nSPS) is 29.5. The van der Waals surface area contributed by atoms with Gasteiger partial charge in [-0.1, -0.05) is 64.5 Å². The zero-order valence-electron chi connectivity index (χ0n) is 29.0. The fourth-order valence-corrected chi connectivity index (χ4v) is 8.53. The molecule has 2 aliphatic carbocycles. The Bertz CT molecular complexity index is 1700. The van der Waals surface area contributed by atoms with Crippen molar-refractivity contribution in [2.24, 2.45) is 11.3 Å². The van der Waals surface area contributed by atoms with Gasteiger partial charge in [0.1, 0.15) is 23.7 Å². The summed E-state index contributed by atoms with van der Waals surface area (Å²) in [4.78, 5) is 71.2. The molecule has 0 unspecified atom stereocenters. The van der Waals surface area contributed by atoms with E-state index >= 15 is 0 Å². The van der Waals surface area contributed by atoms with Gasteiger partial charge in [-0.25, -0.2) is 18.0 Å². The van der Waals surface area contributed by atoms with Crippen LogP contribution in [-0.2, 0) is 47.0 Å². The van der Waals surface area contributed by atoms with Gasteiger partial charge in [-0.05, 0) is 60.1 Å². The molecule has 0 spiro atoms. The lowest BCUT2D eigenvalue weighted by atomic mass is 9.85. The van der Waals surface area contributed by atoms with Crippen molar-refractivity contribution in [2.75, 3.05) is 13.2 Å². The van der Waals surface area contributed by atoms with Gasteiger partial charge in [0.25, 0.3) is 5.91 Å². The summed E-state index contributed by atoms with van der Waals surface area (Å²) >= 11 is 0. The highest BCUT2D eigenvalue weighted by Crippen LogP contribution is 2.47. The maximum atomic E-state index is 14.3. The summed E-state index contributed by atoms with van der Waals surface area (Å²) in [6.45, 7) is 7.84. The number of benzene rings is 1. The minimum absolute atomic E-state index is 0.0612. The molecule has 15 heteroatoms. The molecule has 6 rings (SSSR count). The molecular weight excluding hydrogens is 666 g/mol. The number of carbonyl (C=O) groups is 5. The second-order valence-corrected chi connectivity index (χ2v) is 17.1. The predicted octanol–water partition coefficient (Wildman–Crippen LogP) is 2.95. The van der Waals surface area contributed by atoms with E-state index in [0.717, 1.165) is 16.7 Å². The smallest absolute Gasteiger partial charge is 0.410 e. The number of cyclic esters (lactones) is 1. The molecule has 3 heterocycles. The Morgan fingerprint density at radius 1 is 1.12 bits per heavy atom. The largest absolute Gasteiger partial charge is 0.450 e. The van der Waals surface area contributed by atoms with Gasteiger partial charge in [0.2, 0.25) is 21.8 Å².